The van der Waals surface area contributed by atoms with Gasteiger partial charge in [0.05, 0.1) is 23.5 Å². The zero-order valence-corrected chi connectivity index (χ0v) is 19.0. The van der Waals surface area contributed by atoms with Gasteiger partial charge in [-0.05, 0) is 66.7 Å². The van der Waals surface area contributed by atoms with E-state index in [0.717, 1.165) is 4.57 Å². The number of esters is 1. The van der Waals surface area contributed by atoms with Crippen LogP contribution in [0.25, 0.3) is 5.69 Å². The van der Waals surface area contributed by atoms with Crippen LogP contribution in [0.4, 0.5) is 13.2 Å². The summed E-state index contributed by atoms with van der Waals surface area (Å²) in [5.41, 5.74) is -3.62. The zero-order valence-electron chi connectivity index (χ0n) is 18.2. The van der Waals surface area contributed by atoms with E-state index in [2.05, 4.69) is 4.98 Å². The van der Waals surface area contributed by atoms with Gasteiger partial charge in [0.15, 0.2) is 0 Å². The first-order valence-corrected chi connectivity index (χ1v) is 11.0. The number of benzene rings is 2. The molecule has 35 heavy (non-hydrogen) atoms. The lowest BCUT2D eigenvalue weighted by molar-refractivity contribution is -0.0328. The zero-order chi connectivity index (χ0) is 25.2. The Balaban J connectivity index is 1.57. The smallest absolute Gasteiger partial charge is 0.446 e. The molecular weight excluding hydrogens is 483 g/mol. The van der Waals surface area contributed by atoms with Gasteiger partial charge in [0.25, 0.3) is 0 Å². The largest absolute Gasteiger partial charge is 0.493 e. The topological polar surface area (TPSA) is 86.3 Å². The molecule has 0 saturated heterocycles. The number of rotatable bonds is 6. The van der Waals surface area contributed by atoms with E-state index in [0.29, 0.717) is 11.1 Å². The quantitative estimate of drug-likeness (QED) is 0.298. The van der Waals surface area contributed by atoms with E-state index < -0.39 is 17.2 Å². The lowest BCUT2D eigenvalue weighted by atomic mass is 10.2. The van der Waals surface area contributed by atoms with Crippen molar-refractivity contribution < 1.29 is 27.8 Å². The van der Waals surface area contributed by atoms with Crippen LogP contribution in [-0.2, 0) is 6.54 Å². The molecule has 0 aliphatic heterocycles. The Kier molecular flexibility index (Phi) is 6.70. The first-order chi connectivity index (χ1) is 16.6. The number of aromatic nitrogens is 3. The summed E-state index contributed by atoms with van der Waals surface area (Å²) in [6.07, 6.45) is 1.43. The van der Waals surface area contributed by atoms with Crippen molar-refractivity contribution >= 4 is 17.7 Å². The average Bonchev–Trinajstić information content (AvgIpc) is 3.02. The lowest BCUT2D eigenvalue weighted by Crippen LogP contribution is -2.24. The highest BCUT2D eigenvalue weighted by atomic mass is 32.2. The molecular formula is C24H18F3N3O4S. The van der Waals surface area contributed by atoms with Crippen molar-refractivity contribution in [2.75, 3.05) is 0 Å². The van der Waals surface area contributed by atoms with Crippen molar-refractivity contribution in [3.05, 3.63) is 100 Å². The number of nitrogens with zero attached hydrogens (tertiary/aromatic N) is 3. The number of aromatic hydroxyl groups is 1. The SMILES string of the molecule is Cc1c(O)n(-c2ccc(SC(F)(F)F)cc2)c(=O)n1Cc1ccnc(OC(=O)c2ccccc2)c1. The highest BCUT2D eigenvalue weighted by Gasteiger charge is 2.29. The molecule has 11 heteroatoms. The molecule has 4 rings (SSSR count). The van der Waals surface area contributed by atoms with Gasteiger partial charge in [-0.2, -0.15) is 13.2 Å². The minimum absolute atomic E-state index is 0.0334. The fourth-order valence-corrected chi connectivity index (χ4v) is 3.91. The third kappa shape index (κ3) is 5.57. The Labute approximate surface area is 201 Å². The van der Waals surface area contributed by atoms with Crippen molar-refractivity contribution in [2.24, 2.45) is 0 Å². The van der Waals surface area contributed by atoms with Gasteiger partial charge in [0, 0.05) is 17.2 Å². The minimum atomic E-state index is -4.43. The van der Waals surface area contributed by atoms with Gasteiger partial charge in [0.2, 0.25) is 11.8 Å². The van der Waals surface area contributed by atoms with E-state index in [1.807, 2.05) is 0 Å². The first-order valence-electron chi connectivity index (χ1n) is 10.2. The number of pyridine rings is 1. The summed E-state index contributed by atoms with van der Waals surface area (Å²) < 4.78 is 45.3. The highest BCUT2D eigenvalue weighted by Crippen LogP contribution is 2.37. The van der Waals surface area contributed by atoms with E-state index in [9.17, 15) is 27.9 Å². The molecule has 0 saturated carbocycles. The van der Waals surface area contributed by atoms with E-state index >= 15 is 0 Å². The van der Waals surface area contributed by atoms with Gasteiger partial charge in [-0.3, -0.25) is 4.57 Å². The summed E-state index contributed by atoms with van der Waals surface area (Å²) in [7, 11) is 0. The van der Waals surface area contributed by atoms with Gasteiger partial charge >= 0.3 is 17.2 Å². The molecule has 0 bridgehead atoms. The van der Waals surface area contributed by atoms with Gasteiger partial charge in [-0.25, -0.2) is 19.1 Å². The number of thioether (sulfide) groups is 1. The van der Waals surface area contributed by atoms with E-state index in [1.165, 1.54) is 41.1 Å². The first kappa shape index (κ1) is 24.1. The third-order valence-electron chi connectivity index (χ3n) is 5.04. The Morgan fingerprint density at radius 3 is 2.43 bits per heavy atom. The second-order valence-corrected chi connectivity index (χ2v) is 8.55. The van der Waals surface area contributed by atoms with Crippen LogP contribution < -0.4 is 10.4 Å². The summed E-state index contributed by atoms with van der Waals surface area (Å²) in [5, 5.41) is 10.6. The molecule has 2 aromatic carbocycles. The monoisotopic (exact) mass is 501 g/mol. The van der Waals surface area contributed by atoms with Crippen LogP contribution in [0.1, 0.15) is 21.6 Å². The molecule has 180 valence electrons. The van der Waals surface area contributed by atoms with Crippen molar-refractivity contribution in [3.8, 4) is 17.4 Å². The van der Waals surface area contributed by atoms with Crippen molar-refractivity contribution in [3.63, 3.8) is 0 Å². The predicted octanol–water partition coefficient (Wildman–Crippen LogP) is 4.93. The number of carbonyl (C=O) groups excluding carboxylic acids is 1. The molecule has 7 nitrogen and oxygen atoms in total. The van der Waals surface area contributed by atoms with E-state index in [1.54, 1.807) is 43.3 Å². The van der Waals surface area contributed by atoms with Crippen LogP contribution >= 0.6 is 11.8 Å². The molecule has 0 spiro atoms. The van der Waals surface area contributed by atoms with Crippen molar-refractivity contribution in [1.82, 2.24) is 14.1 Å². The maximum atomic E-state index is 13.1. The van der Waals surface area contributed by atoms with Crippen LogP contribution in [0.5, 0.6) is 11.8 Å². The molecule has 2 aromatic heterocycles. The molecule has 4 aromatic rings. The summed E-state index contributed by atoms with van der Waals surface area (Å²) in [5.74, 6) is -0.876. The number of ether oxygens (including phenoxy) is 1. The van der Waals surface area contributed by atoms with Crippen LogP contribution in [0.15, 0.2) is 82.6 Å². The van der Waals surface area contributed by atoms with Gasteiger partial charge in [-0.1, -0.05) is 18.2 Å². The van der Waals surface area contributed by atoms with E-state index in [4.69, 9.17) is 4.74 Å². The Hall–Kier alpha value is -3.99. The predicted molar refractivity (Wildman–Crippen MR) is 123 cm³/mol. The third-order valence-corrected chi connectivity index (χ3v) is 5.78. The number of hydrogen-bond acceptors (Lipinski definition) is 6. The fourth-order valence-electron chi connectivity index (χ4n) is 3.37. The number of carbonyl (C=O) groups is 1. The van der Waals surface area contributed by atoms with Gasteiger partial charge < -0.3 is 9.84 Å². The maximum absolute atomic E-state index is 13.1. The van der Waals surface area contributed by atoms with Crippen LogP contribution in [0.3, 0.4) is 0 Å². The second-order valence-electron chi connectivity index (χ2n) is 7.41. The van der Waals surface area contributed by atoms with Crippen molar-refractivity contribution in [1.29, 1.82) is 0 Å². The highest BCUT2D eigenvalue weighted by molar-refractivity contribution is 8.00. The number of hydrogen-bond donors (Lipinski definition) is 1. The Morgan fingerprint density at radius 2 is 1.77 bits per heavy atom. The molecule has 0 aliphatic rings. The second kappa shape index (κ2) is 9.71. The lowest BCUT2D eigenvalue weighted by Gasteiger charge is -2.08. The Bertz CT molecular complexity index is 1410. The summed E-state index contributed by atoms with van der Waals surface area (Å²) in [6, 6.07) is 16.6. The summed E-state index contributed by atoms with van der Waals surface area (Å²) in [4.78, 5) is 29.3. The molecule has 1 N–H and O–H groups in total. The average molecular weight is 501 g/mol. The molecule has 2 heterocycles. The molecule has 0 atom stereocenters. The molecule has 0 unspecified atom stereocenters. The summed E-state index contributed by atoms with van der Waals surface area (Å²) >= 11 is -0.270. The molecule has 0 amide bonds. The van der Waals surface area contributed by atoms with Gasteiger partial charge in [0.1, 0.15) is 0 Å². The van der Waals surface area contributed by atoms with Crippen LogP contribution in [-0.4, -0.2) is 30.7 Å². The normalized spacial score (nSPS) is 11.4. The number of halogens is 3. The van der Waals surface area contributed by atoms with Gasteiger partial charge in [-0.15, -0.1) is 0 Å². The van der Waals surface area contributed by atoms with Crippen LogP contribution in [0, 0.1) is 6.92 Å². The van der Waals surface area contributed by atoms with E-state index in [-0.39, 0.29) is 46.3 Å². The number of imidazole rings is 1. The molecule has 0 aliphatic carbocycles. The fraction of sp³-hybridized carbons (Fsp3) is 0.125. The van der Waals surface area contributed by atoms with Crippen LogP contribution in [0.2, 0.25) is 0 Å². The standard InChI is InChI=1S/C24H18F3N3O4S/c1-15-21(31)30(18-7-9-19(10-8-18)35-24(25,26)27)23(33)29(15)14-16-11-12-28-20(13-16)34-22(32)17-5-3-2-4-6-17/h2-13,31H,14H2,1H3. The molecule has 0 fully saturated rings. The molecule has 0 radical (unpaired) electrons. The minimum Gasteiger partial charge on any atom is -0.493 e. The van der Waals surface area contributed by atoms with Crippen molar-refractivity contribution in [2.45, 2.75) is 23.9 Å². The summed E-state index contributed by atoms with van der Waals surface area (Å²) in [6.45, 7) is 1.57. The maximum Gasteiger partial charge on any atom is 0.446 e. The number of alkyl halides is 3. The Morgan fingerprint density at radius 1 is 1.09 bits per heavy atom.